The van der Waals surface area contributed by atoms with Gasteiger partial charge in [-0.1, -0.05) is 36.7 Å². The smallest absolute Gasteiger partial charge is 0.264 e. The molecule has 6 rings (SSSR count). The summed E-state index contributed by atoms with van der Waals surface area (Å²) in [7, 11) is -3.90. The van der Waals surface area contributed by atoms with E-state index in [2.05, 4.69) is 21.8 Å². The molecule has 0 saturated heterocycles. The number of benzene rings is 2. The van der Waals surface area contributed by atoms with Gasteiger partial charge in [0.05, 0.1) is 43.5 Å². The number of fused-ring (bicyclic) bond motifs is 4. The molecule has 1 fully saturated rings. The van der Waals surface area contributed by atoms with E-state index in [1.165, 1.54) is 11.1 Å². The van der Waals surface area contributed by atoms with Gasteiger partial charge in [0.15, 0.2) is 0 Å². The van der Waals surface area contributed by atoms with Crippen molar-refractivity contribution in [1.82, 2.24) is 4.72 Å². The maximum Gasteiger partial charge on any atom is 0.264 e. The average Bonchev–Trinajstić information content (AvgIpc) is 3.14. The summed E-state index contributed by atoms with van der Waals surface area (Å²) in [6.45, 7) is 6.97. The SMILES string of the molecule is C[C@@H]1[C@@H](C)C/C=C/COCCO[C@@H]2CC[C@H]2CN2C[C@@]3(CCCc4cc(Cl)ccc43)COc3ccc(cc32)C(=O)NS1(=O)=O. The molecule has 2 aliphatic carbocycles. The van der Waals surface area contributed by atoms with Crippen molar-refractivity contribution < 1.29 is 27.4 Å². The van der Waals surface area contributed by atoms with Gasteiger partial charge in [-0.15, -0.1) is 0 Å². The van der Waals surface area contributed by atoms with E-state index in [-0.39, 0.29) is 17.4 Å². The number of ether oxygens (including phenoxy) is 3. The number of hydrogen-bond acceptors (Lipinski definition) is 7. The van der Waals surface area contributed by atoms with E-state index >= 15 is 0 Å². The van der Waals surface area contributed by atoms with Gasteiger partial charge in [0.2, 0.25) is 10.0 Å². The van der Waals surface area contributed by atoms with Crippen LogP contribution in [0.5, 0.6) is 5.75 Å². The summed E-state index contributed by atoms with van der Waals surface area (Å²) >= 11 is 6.40. The van der Waals surface area contributed by atoms with Crippen molar-refractivity contribution in [3.63, 3.8) is 0 Å². The molecule has 2 aliphatic heterocycles. The summed E-state index contributed by atoms with van der Waals surface area (Å²) in [5.41, 5.74) is 3.39. The summed E-state index contributed by atoms with van der Waals surface area (Å²) in [6.07, 6.45) is 9.60. The van der Waals surface area contributed by atoms with Crippen LogP contribution in [0.4, 0.5) is 5.69 Å². The lowest BCUT2D eigenvalue weighted by Crippen LogP contribution is -2.49. The van der Waals surface area contributed by atoms with E-state index in [0.717, 1.165) is 49.4 Å². The lowest BCUT2D eigenvalue weighted by atomic mass is 9.70. The normalized spacial score (nSPS) is 31.7. The highest BCUT2D eigenvalue weighted by Crippen LogP contribution is 2.45. The van der Waals surface area contributed by atoms with E-state index in [9.17, 15) is 13.2 Å². The minimum absolute atomic E-state index is 0.139. The zero-order chi connectivity index (χ0) is 30.9. The Hall–Kier alpha value is -2.59. The van der Waals surface area contributed by atoms with Crippen LogP contribution in [-0.4, -0.2) is 65.2 Å². The Morgan fingerprint density at radius 2 is 1.93 bits per heavy atom. The first-order valence-electron chi connectivity index (χ1n) is 15.9. The van der Waals surface area contributed by atoms with Crippen molar-refractivity contribution in [2.24, 2.45) is 11.8 Å². The van der Waals surface area contributed by atoms with Crippen LogP contribution in [0.25, 0.3) is 0 Å². The molecule has 0 aromatic heterocycles. The maximum atomic E-state index is 13.4. The van der Waals surface area contributed by atoms with Crippen molar-refractivity contribution in [3.8, 4) is 5.75 Å². The van der Waals surface area contributed by atoms with Crippen molar-refractivity contribution >= 4 is 33.2 Å². The molecule has 2 bridgehead atoms. The molecule has 8 nitrogen and oxygen atoms in total. The molecule has 44 heavy (non-hydrogen) atoms. The van der Waals surface area contributed by atoms with Crippen LogP contribution >= 0.6 is 11.6 Å². The number of nitrogens with zero attached hydrogens (tertiary/aromatic N) is 1. The second-order valence-electron chi connectivity index (χ2n) is 13.0. The molecular formula is C34H43ClN2O6S. The molecule has 2 heterocycles. The first-order chi connectivity index (χ1) is 21.1. The van der Waals surface area contributed by atoms with E-state index in [4.69, 9.17) is 25.8 Å². The fourth-order valence-corrected chi connectivity index (χ4v) is 8.55. The number of anilines is 1. The molecule has 2 aromatic carbocycles. The Balaban J connectivity index is 1.35. The summed E-state index contributed by atoms with van der Waals surface area (Å²) in [5.74, 6) is 0.188. The first kappa shape index (κ1) is 31.4. The third kappa shape index (κ3) is 6.52. The third-order valence-electron chi connectivity index (χ3n) is 10.1. The molecule has 4 aliphatic rings. The highest BCUT2D eigenvalue weighted by molar-refractivity contribution is 7.90. The molecule has 238 valence electrons. The van der Waals surface area contributed by atoms with E-state index in [0.29, 0.717) is 56.6 Å². The van der Waals surface area contributed by atoms with Crippen LogP contribution in [0.3, 0.4) is 0 Å². The van der Waals surface area contributed by atoms with Gasteiger partial charge in [-0.05, 0) is 92.8 Å². The van der Waals surface area contributed by atoms with E-state index in [1.54, 1.807) is 19.1 Å². The van der Waals surface area contributed by atoms with Crippen LogP contribution in [0.1, 0.15) is 67.4 Å². The van der Waals surface area contributed by atoms with Gasteiger partial charge in [0.25, 0.3) is 5.91 Å². The molecular weight excluding hydrogens is 600 g/mol. The van der Waals surface area contributed by atoms with Crippen molar-refractivity contribution in [1.29, 1.82) is 0 Å². The third-order valence-corrected chi connectivity index (χ3v) is 12.2. The minimum Gasteiger partial charge on any atom is -0.490 e. The van der Waals surface area contributed by atoms with Crippen molar-refractivity contribution in [2.75, 3.05) is 44.4 Å². The van der Waals surface area contributed by atoms with Gasteiger partial charge in [-0.2, -0.15) is 0 Å². The Labute approximate surface area is 266 Å². The van der Waals surface area contributed by atoms with Crippen LogP contribution in [0, 0.1) is 11.8 Å². The quantitative estimate of drug-likeness (QED) is 0.370. The van der Waals surface area contributed by atoms with Crippen LogP contribution in [0.2, 0.25) is 5.02 Å². The summed E-state index contributed by atoms with van der Waals surface area (Å²) in [6, 6.07) is 11.5. The lowest BCUT2D eigenvalue weighted by Gasteiger charge is -2.44. The second kappa shape index (κ2) is 13.0. The van der Waals surface area contributed by atoms with Gasteiger partial charge in [-0.25, -0.2) is 13.1 Å². The molecule has 2 aromatic rings. The van der Waals surface area contributed by atoms with Crippen LogP contribution < -0.4 is 14.4 Å². The molecule has 1 N–H and O–H groups in total. The number of hydrogen-bond donors (Lipinski definition) is 1. The standard InChI is InChI=1S/C34H43ClN2O6S/c1-23-6-3-4-15-41-16-17-42-31-12-9-27(31)20-37-21-34(14-5-7-25-18-28(35)10-11-29(25)34)22-43-32-13-8-26(19-30(32)37)33(38)36-44(39,40)24(23)2/h3-4,8,10-11,13,18-19,23-24,27,31H,5-7,9,12,14-17,20-22H2,1-2H3,(H,36,38)/b4-3+/t23-,24+,27-,31+,34-/m0/s1. The number of carbonyl (C=O) groups is 1. The molecule has 10 heteroatoms. The van der Waals surface area contributed by atoms with E-state index < -0.39 is 21.2 Å². The van der Waals surface area contributed by atoms with Crippen molar-refractivity contribution in [3.05, 3.63) is 70.3 Å². The molecule has 1 spiro atoms. The summed E-state index contributed by atoms with van der Waals surface area (Å²) < 4.78 is 47.4. The first-order valence-corrected chi connectivity index (χ1v) is 17.8. The fourth-order valence-electron chi connectivity index (χ4n) is 7.07. The Bertz CT molecular complexity index is 1510. The van der Waals surface area contributed by atoms with Crippen molar-refractivity contribution in [2.45, 2.75) is 69.1 Å². The number of nitrogens with one attached hydrogen (secondary N) is 1. The zero-order valence-electron chi connectivity index (χ0n) is 25.6. The monoisotopic (exact) mass is 642 g/mol. The molecule has 5 atom stereocenters. The molecule has 0 unspecified atom stereocenters. The van der Waals surface area contributed by atoms with Gasteiger partial charge in [0, 0.05) is 35.0 Å². The number of halogens is 1. The lowest BCUT2D eigenvalue weighted by molar-refractivity contribution is -0.0613. The summed E-state index contributed by atoms with van der Waals surface area (Å²) in [5, 5.41) is -0.0165. The van der Waals surface area contributed by atoms with E-state index in [1.807, 2.05) is 31.2 Å². The number of carbonyl (C=O) groups excluding carboxylic acids is 1. The molecule has 0 radical (unpaired) electrons. The predicted molar refractivity (Wildman–Crippen MR) is 172 cm³/mol. The topological polar surface area (TPSA) is 94.2 Å². The second-order valence-corrected chi connectivity index (χ2v) is 15.4. The van der Waals surface area contributed by atoms with Crippen LogP contribution in [-0.2, 0) is 31.3 Å². The van der Waals surface area contributed by atoms with Crippen LogP contribution in [0.15, 0.2) is 48.6 Å². The maximum absolute atomic E-state index is 13.4. The number of aryl methyl sites for hydroxylation is 1. The Morgan fingerprint density at radius 3 is 2.75 bits per heavy atom. The zero-order valence-corrected chi connectivity index (χ0v) is 27.2. The number of rotatable bonds is 0. The van der Waals surface area contributed by atoms with Gasteiger partial charge in [0.1, 0.15) is 5.75 Å². The highest BCUT2D eigenvalue weighted by atomic mass is 35.5. The Morgan fingerprint density at radius 1 is 1.07 bits per heavy atom. The molecule has 1 amide bonds. The van der Waals surface area contributed by atoms with Gasteiger partial charge >= 0.3 is 0 Å². The summed E-state index contributed by atoms with van der Waals surface area (Å²) in [4.78, 5) is 15.8. The highest BCUT2D eigenvalue weighted by Gasteiger charge is 2.43. The van der Waals surface area contributed by atoms with Gasteiger partial charge in [-0.3, -0.25) is 4.79 Å². The number of amides is 1. The number of allylic oxidation sites excluding steroid dienone is 1. The largest absolute Gasteiger partial charge is 0.490 e. The minimum atomic E-state index is -3.90. The fraction of sp³-hybridized carbons (Fsp3) is 0.559. The predicted octanol–water partition coefficient (Wildman–Crippen LogP) is 5.67. The molecule has 1 saturated carbocycles. The Kier molecular flexibility index (Phi) is 9.30. The van der Waals surface area contributed by atoms with Gasteiger partial charge < -0.3 is 19.1 Å². The average molecular weight is 643 g/mol. The number of sulfonamides is 1.